The van der Waals surface area contributed by atoms with E-state index in [1.54, 1.807) is 30.3 Å². The number of carbonyl (C=O) groups is 2. The fourth-order valence-electron chi connectivity index (χ4n) is 2.28. The van der Waals surface area contributed by atoms with Crippen molar-refractivity contribution in [2.45, 2.75) is 0 Å². The molecule has 2 aromatic carbocycles. The van der Waals surface area contributed by atoms with Gasteiger partial charge in [0.25, 0.3) is 5.91 Å². The van der Waals surface area contributed by atoms with Crippen molar-refractivity contribution in [2.75, 3.05) is 11.1 Å². The van der Waals surface area contributed by atoms with E-state index in [1.165, 1.54) is 12.5 Å². The van der Waals surface area contributed by atoms with Crippen molar-refractivity contribution < 1.29 is 19.1 Å². The second kappa shape index (κ2) is 9.29. The molecule has 0 atom stereocenters. The molecule has 0 unspecified atom stereocenters. The molecule has 0 aliphatic rings. The Hall–Kier alpha value is -3.98. The lowest BCUT2D eigenvalue weighted by atomic mass is 10.1. The summed E-state index contributed by atoms with van der Waals surface area (Å²) in [5.41, 5.74) is 8.59. The number of carboxylic acids is 1. The van der Waals surface area contributed by atoms with Gasteiger partial charge in [0.2, 0.25) is 0 Å². The second-order valence-corrected chi connectivity index (χ2v) is 6.46. The summed E-state index contributed by atoms with van der Waals surface area (Å²) in [6, 6.07) is 17.7. The molecule has 0 saturated heterocycles. The number of nitrogens with zero attached hydrogens (tertiary/aromatic N) is 2. The molecule has 2 aromatic heterocycles. The predicted molar refractivity (Wildman–Crippen MR) is 110 cm³/mol. The number of amides is 1. The number of aromatic nitrogens is 2. The maximum absolute atomic E-state index is 11.6. The largest absolute Gasteiger partial charge is 0.477 e. The standard InChI is InChI=1S/C11H10N2O2.C9H6N2O2S/c12-9-1-3-10(4-2-9)13-11(14)8-5-6-15-7-8;12-9(13)8-7(10-11-14-8)6-4-2-1-3-5-6/h1-7H,12H2,(H,13,14);1-5H,(H,12,13). The molecule has 0 saturated carbocycles. The lowest BCUT2D eigenvalue weighted by Gasteiger charge is -2.03. The topological polar surface area (TPSA) is 131 Å². The van der Waals surface area contributed by atoms with E-state index in [0.29, 0.717) is 22.6 Å². The summed E-state index contributed by atoms with van der Waals surface area (Å²) >= 11 is 0.892. The molecule has 0 fully saturated rings. The summed E-state index contributed by atoms with van der Waals surface area (Å²) in [7, 11) is 0. The van der Waals surface area contributed by atoms with Crippen LogP contribution in [-0.2, 0) is 0 Å². The number of hydrogen-bond acceptors (Lipinski definition) is 7. The molecule has 0 aliphatic heterocycles. The molecule has 0 spiro atoms. The van der Waals surface area contributed by atoms with Crippen molar-refractivity contribution in [3.63, 3.8) is 0 Å². The highest BCUT2D eigenvalue weighted by atomic mass is 32.1. The van der Waals surface area contributed by atoms with E-state index in [9.17, 15) is 9.59 Å². The van der Waals surface area contributed by atoms with Crippen LogP contribution in [-0.4, -0.2) is 26.6 Å². The van der Waals surface area contributed by atoms with Crippen LogP contribution in [0.3, 0.4) is 0 Å². The van der Waals surface area contributed by atoms with Crippen LogP contribution in [0.4, 0.5) is 11.4 Å². The summed E-state index contributed by atoms with van der Waals surface area (Å²) in [5, 5.41) is 15.4. The van der Waals surface area contributed by atoms with Gasteiger partial charge in [0.1, 0.15) is 12.0 Å². The molecule has 2 heterocycles. The first kappa shape index (κ1) is 19.8. The highest BCUT2D eigenvalue weighted by Gasteiger charge is 2.15. The van der Waals surface area contributed by atoms with Crippen LogP contribution in [0.25, 0.3) is 11.3 Å². The van der Waals surface area contributed by atoms with Crippen LogP contribution in [0.1, 0.15) is 20.0 Å². The van der Waals surface area contributed by atoms with Crippen LogP contribution >= 0.6 is 11.5 Å². The maximum Gasteiger partial charge on any atom is 0.349 e. The second-order valence-electron chi connectivity index (χ2n) is 5.71. The van der Waals surface area contributed by atoms with Crippen molar-refractivity contribution >= 4 is 34.8 Å². The molecule has 4 N–H and O–H groups in total. The third-order valence-corrected chi connectivity index (χ3v) is 4.40. The zero-order chi connectivity index (χ0) is 20.6. The van der Waals surface area contributed by atoms with E-state index in [4.69, 9.17) is 15.3 Å². The van der Waals surface area contributed by atoms with Gasteiger partial charge in [-0.25, -0.2) is 4.79 Å². The number of hydrogen-bond donors (Lipinski definition) is 3. The normalized spacial score (nSPS) is 9.93. The van der Waals surface area contributed by atoms with Crippen molar-refractivity contribution in [1.29, 1.82) is 0 Å². The molecular weight excluding hydrogens is 392 g/mol. The highest BCUT2D eigenvalue weighted by molar-refractivity contribution is 7.08. The SMILES string of the molecule is Nc1ccc(NC(=O)c2ccoc2)cc1.O=C(O)c1snnc1-c1ccccc1. The summed E-state index contributed by atoms with van der Waals surface area (Å²) in [6.45, 7) is 0. The number of nitrogens with two attached hydrogens (primary N) is 1. The van der Waals surface area contributed by atoms with Gasteiger partial charge in [-0.2, -0.15) is 0 Å². The average Bonchev–Trinajstić information content (AvgIpc) is 3.43. The monoisotopic (exact) mass is 408 g/mol. The molecule has 1 amide bonds. The summed E-state index contributed by atoms with van der Waals surface area (Å²) in [4.78, 5) is 22.5. The van der Waals surface area contributed by atoms with Crippen molar-refractivity contribution in [2.24, 2.45) is 0 Å². The molecule has 146 valence electrons. The molecule has 9 heteroatoms. The number of nitrogens with one attached hydrogen (secondary N) is 1. The Morgan fingerprint density at radius 2 is 1.76 bits per heavy atom. The van der Waals surface area contributed by atoms with E-state index in [2.05, 4.69) is 14.9 Å². The van der Waals surface area contributed by atoms with Crippen LogP contribution in [0, 0.1) is 0 Å². The minimum absolute atomic E-state index is 0.177. The van der Waals surface area contributed by atoms with Gasteiger partial charge in [-0.15, -0.1) is 5.10 Å². The van der Waals surface area contributed by atoms with Gasteiger partial charge in [0.15, 0.2) is 4.88 Å². The number of aromatic carboxylic acids is 1. The van der Waals surface area contributed by atoms with Gasteiger partial charge in [0, 0.05) is 16.9 Å². The summed E-state index contributed by atoms with van der Waals surface area (Å²) in [5.74, 6) is -1.19. The minimum atomic E-state index is -0.987. The van der Waals surface area contributed by atoms with Crippen molar-refractivity contribution in [3.05, 3.63) is 83.6 Å². The Bertz CT molecular complexity index is 1080. The molecule has 4 aromatic rings. The lowest BCUT2D eigenvalue weighted by molar-refractivity contribution is 0.0702. The number of carboxylic acid groups (broad SMARTS) is 1. The van der Waals surface area contributed by atoms with Crippen LogP contribution in [0.5, 0.6) is 0 Å². The molecule has 8 nitrogen and oxygen atoms in total. The Kier molecular flexibility index (Phi) is 6.33. The third-order valence-electron chi connectivity index (χ3n) is 3.68. The average molecular weight is 408 g/mol. The smallest absolute Gasteiger partial charge is 0.349 e. The fraction of sp³-hybridized carbons (Fsp3) is 0. The van der Waals surface area contributed by atoms with Crippen LogP contribution in [0.2, 0.25) is 0 Å². The van der Waals surface area contributed by atoms with Gasteiger partial charge < -0.3 is 20.6 Å². The molecule has 0 bridgehead atoms. The van der Waals surface area contributed by atoms with E-state index in [0.717, 1.165) is 17.1 Å². The molecule has 0 aliphatic carbocycles. The Morgan fingerprint density at radius 1 is 1.03 bits per heavy atom. The zero-order valence-corrected chi connectivity index (χ0v) is 15.8. The predicted octanol–water partition coefficient (Wildman–Crippen LogP) is 4.02. The van der Waals surface area contributed by atoms with Gasteiger partial charge >= 0.3 is 5.97 Å². The third kappa shape index (κ3) is 5.27. The Morgan fingerprint density at radius 3 is 2.38 bits per heavy atom. The van der Waals surface area contributed by atoms with E-state index in [-0.39, 0.29) is 10.8 Å². The van der Waals surface area contributed by atoms with Gasteiger partial charge in [-0.1, -0.05) is 34.8 Å². The number of rotatable bonds is 4. The number of furan rings is 1. The Balaban J connectivity index is 0.000000166. The minimum Gasteiger partial charge on any atom is -0.477 e. The quantitative estimate of drug-likeness (QED) is 0.435. The van der Waals surface area contributed by atoms with E-state index in [1.807, 2.05) is 30.3 Å². The zero-order valence-electron chi connectivity index (χ0n) is 15.0. The van der Waals surface area contributed by atoms with E-state index >= 15 is 0 Å². The summed E-state index contributed by atoms with van der Waals surface area (Å²) < 4.78 is 8.44. The first-order chi connectivity index (χ1) is 14.0. The van der Waals surface area contributed by atoms with Gasteiger partial charge in [-0.3, -0.25) is 4.79 Å². The van der Waals surface area contributed by atoms with Gasteiger partial charge in [-0.05, 0) is 41.9 Å². The maximum atomic E-state index is 11.6. The summed E-state index contributed by atoms with van der Waals surface area (Å²) in [6.07, 6.45) is 2.85. The molecular formula is C20H16N4O4S. The molecule has 0 radical (unpaired) electrons. The lowest BCUT2D eigenvalue weighted by Crippen LogP contribution is -2.10. The Labute approximate surface area is 169 Å². The number of anilines is 2. The number of benzene rings is 2. The molecule has 29 heavy (non-hydrogen) atoms. The van der Waals surface area contributed by atoms with Crippen molar-refractivity contribution in [3.8, 4) is 11.3 Å². The number of nitrogen functional groups attached to an aromatic ring is 1. The highest BCUT2D eigenvalue weighted by Crippen LogP contribution is 2.23. The van der Waals surface area contributed by atoms with E-state index < -0.39 is 5.97 Å². The van der Waals surface area contributed by atoms with Gasteiger partial charge in [0.05, 0.1) is 11.8 Å². The molecule has 4 rings (SSSR count). The first-order valence-electron chi connectivity index (χ1n) is 8.34. The number of carbonyl (C=O) groups excluding carboxylic acids is 1. The van der Waals surface area contributed by atoms with Crippen LogP contribution < -0.4 is 11.1 Å². The van der Waals surface area contributed by atoms with Crippen LogP contribution in [0.15, 0.2) is 77.6 Å². The first-order valence-corrected chi connectivity index (χ1v) is 9.12. The van der Waals surface area contributed by atoms with Crippen molar-refractivity contribution in [1.82, 2.24) is 9.59 Å². The fourth-order valence-corrected chi connectivity index (χ4v) is 2.81.